The van der Waals surface area contributed by atoms with Gasteiger partial charge in [0, 0.05) is 28.7 Å². The van der Waals surface area contributed by atoms with E-state index in [1.54, 1.807) is 6.07 Å². The number of rotatable bonds is 2. The average molecular weight is 341 g/mol. The Morgan fingerprint density at radius 1 is 1.17 bits per heavy atom. The molecule has 0 saturated carbocycles. The number of thioether (sulfide) groups is 1. The van der Waals surface area contributed by atoms with Gasteiger partial charge in [0.05, 0.1) is 0 Å². The highest BCUT2D eigenvalue weighted by Crippen LogP contribution is 2.56. The van der Waals surface area contributed by atoms with Crippen molar-refractivity contribution in [2.75, 3.05) is 0 Å². The molecule has 1 heterocycles. The van der Waals surface area contributed by atoms with Gasteiger partial charge in [0.15, 0.2) is 6.10 Å². The lowest BCUT2D eigenvalue weighted by Crippen LogP contribution is -2.16. The third-order valence-electron chi connectivity index (χ3n) is 3.18. The van der Waals surface area contributed by atoms with Crippen molar-refractivity contribution in [2.45, 2.75) is 16.3 Å². The number of benzene rings is 2. The minimum absolute atomic E-state index is 0.0526. The second-order valence-electron chi connectivity index (χ2n) is 4.74. The van der Waals surface area contributed by atoms with Crippen LogP contribution in [0.4, 0.5) is 17.6 Å². The summed E-state index contributed by atoms with van der Waals surface area (Å²) in [5.74, 6) is -2.18. The second kappa shape index (κ2) is 5.44. The average Bonchev–Trinajstić information content (AvgIpc) is 2.68. The topological polar surface area (TPSA) is 53.2 Å². The molecule has 0 saturated heterocycles. The molecule has 0 bridgehead atoms. The van der Waals surface area contributed by atoms with Gasteiger partial charge >= 0.3 is 5.25 Å². The lowest BCUT2D eigenvalue weighted by atomic mass is 10.0. The minimum Gasteiger partial charge on any atom is -0.456 e. The number of alkyl halides is 2. The summed E-state index contributed by atoms with van der Waals surface area (Å²) in [5, 5.41) is 15.5. The van der Waals surface area contributed by atoms with Gasteiger partial charge in [0.1, 0.15) is 34.8 Å². The summed E-state index contributed by atoms with van der Waals surface area (Å²) >= 11 is 0.141. The fraction of sp³-hybridized carbons (Fsp3) is 0.133. The van der Waals surface area contributed by atoms with Crippen LogP contribution in [0.5, 0.6) is 11.5 Å². The first kappa shape index (κ1) is 15.6. The molecule has 0 radical (unpaired) electrons. The van der Waals surface area contributed by atoms with E-state index in [2.05, 4.69) is 0 Å². The van der Waals surface area contributed by atoms with Crippen molar-refractivity contribution in [2.24, 2.45) is 0 Å². The van der Waals surface area contributed by atoms with Crippen LogP contribution >= 0.6 is 11.8 Å². The highest BCUT2D eigenvalue weighted by Gasteiger charge is 2.49. The standard InChI is InChI=1S/C15H7F4NO2S/c16-7-3-8(17)5-9(4-7)22-11-1-2-12-13(10(11)6-20)14(21)15(18,19)23-12/h1-5,14,21H. The smallest absolute Gasteiger partial charge is 0.327 e. The maximum absolute atomic E-state index is 13.6. The summed E-state index contributed by atoms with van der Waals surface area (Å²) in [6.07, 6.45) is -2.16. The molecule has 8 heteroatoms. The van der Waals surface area contributed by atoms with Crippen LogP contribution in [0.15, 0.2) is 35.2 Å². The molecule has 0 aliphatic carbocycles. The van der Waals surface area contributed by atoms with Crippen LogP contribution in [0.25, 0.3) is 0 Å². The molecule has 0 aromatic heterocycles. The zero-order chi connectivity index (χ0) is 16.8. The highest BCUT2D eigenvalue weighted by atomic mass is 32.2. The van der Waals surface area contributed by atoms with Crippen LogP contribution in [0, 0.1) is 23.0 Å². The summed E-state index contributed by atoms with van der Waals surface area (Å²) in [7, 11) is 0. The zero-order valence-corrected chi connectivity index (χ0v) is 12.0. The van der Waals surface area contributed by atoms with Gasteiger partial charge in [-0.15, -0.1) is 0 Å². The summed E-state index contributed by atoms with van der Waals surface area (Å²) in [4.78, 5) is 0.0526. The monoisotopic (exact) mass is 341 g/mol. The molecule has 118 valence electrons. The molecular formula is C15H7F4NO2S. The normalized spacial score (nSPS) is 18.3. The fourth-order valence-electron chi connectivity index (χ4n) is 2.23. The van der Waals surface area contributed by atoms with E-state index >= 15 is 0 Å². The van der Waals surface area contributed by atoms with E-state index in [9.17, 15) is 27.9 Å². The maximum atomic E-state index is 13.6. The summed E-state index contributed by atoms with van der Waals surface area (Å²) in [5.41, 5.74) is -0.554. The van der Waals surface area contributed by atoms with E-state index in [-0.39, 0.29) is 39.3 Å². The molecule has 23 heavy (non-hydrogen) atoms. The largest absolute Gasteiger partial charge is 0.456 e. The van der Waals surface area contributed by atoms with Crippen LogP contribution in [-0.2, 0) is 0 Å². The van der Waals surface area contributed by atoms with Gasteiger partial charge in [0.25, 0.3) is 0 Å². The fourth-order valence-corrected chi connectivity index (χ4v) is 3.21. The Morgan fingerprint density at radius 3 is 2.43 bits per heavy atom. The van der Waals surface area contributed by atoms with Crippen LogP contribution < -0.4 is 4.74 Å². The molecule has 0 fully saturated rings. The van der Waals surface area contributed by atoms with Gasteiger partial charge in [-0.25, -0.2) is 8.78 Å². The quantitative estimate of drug-likeness (QED) is 0.825. The maximum Gasteiger partial charge on any atom is 0.327 e. The number of hydrogen-bond donors (Lipinski definition) is 1. The molecule has 1 N–H and O–H groups in total. The Hall–Kier alpha value is -2.24. The van der Waals surface area contributed by atoms with Crippen LogP contribution in [0.3, 0.4) is 0 Å². The Bertz CT molecular complexity index is 815. The number of halogens is 4. The van der Waals surface area contributed by atoms with Crippen molar-refractivity contribution in [3.8, 4) is 17.6 Å². The van der Waals surface area contributed by atoms with E-state index in [0.717, 1.165) is 12.1 Å². The number of nitriles is 1. The molecule has 1 unspecified atom stereocenters. The molecule has 3 nitrogen and oxygen atoms in total. The predicted octanol–water partition coefficient (Wildman–Crippen LogP) is 4.36. The number of ether oxygens (including phenoxy) is 1. The van der Waals surface area contributed by atoms with Crippen molar-refractivity contribution < 1.29 is 27.4 Å². The number of hydrogen-bond acceptors (Lipinski definition) is 4. The molecule has 0 spiro atoms. The van der Waals surface area contributed by atoms with Gasteiger partial charge in [-0.1, -0.05) is 0 Å². The SMILES string of the molecule is N#Cc1c(Oc2cc(F)cc(F)c2)ccc2c1C(O)C(F)(F)S2. The van der Waals surface area contributed by atoms with Crippen molar-refractivity contribution >= 4 is 11.8 Å². The summed E-state index contributed by atoms with van der Waals surface area (Å²) < 4.78 is 58.7. The second-order valence-corrected chi connectivity index (χ2v) is 5.92. The van der Waals surface area contributed by atoms with Gasteiger partial charge in [0.2, 0.25) is 0 Å². The molecule has 2 aromatic carbocycles. The molecule has 0 amide bonds. The van der Waals surface area contributed by atoms with Gasteiger partial charge < -0.3 is 9.84 Å². The van der Waals surface area contributed by atoms with E-state index in [1.807, 2.05) is 0 Å². The highest BCUT2D eigenvalue weighted by molar-refractivity contribution is 8.00. The Balaban J connectivity index is 2.06. The molecule has 3 rings (SSSR count). The lowest BCUT2D eigenvalue weighted by Gasteiger charge is -2.14. The van der Waals surface area contributed by atoms with Crippen molar-refractivity contribution in [3.63, 3.8) is 0 Å². The van der Waals surface area contributed by atoms with E-state index in [1.165, 1.54) is 12.1 Å². The lowest BCUT2D eigenvalue weighted by molar-refractivity contribution is -0.0311. The first-order chi connectivity index (χ1) is 10.8. The Labute approximate surface area is 132 Å². The zero-order valence-electron chi connectivity index (χ0n) is 11.2. The third kappa shape index (κ3) is 2.73. The minimum atomic E-state index is -3.46. The third-order valence-corrected chi connectivity index (χ3v) is 4.25. The van der Waals surface area contributed by atoms with Gasteiger partial charge in [-0.05, 0) is 23.9 Å². The molecule has 1 atom stereocenters. The van der Waals surface area contributed by atoms with E-state index in [0.29, 0.717) is 6.07 Å². The number of aliphatic hydroxyl groups excluding tert-OH is 1. The summed E-state index contributed by atoms with van der Waals surface area (Å²) in [6.45, 7) is 0. The number of aliphatic hydroxyl groups is 1. The van der Waals surface area contributed by atoms with Crippen LogP contribution in [-0.4, -0.2) is 10.4 Å². The molecule has 1 aliphatic heterocycles. The summed E-state index contributed by atoms with van der Waals surface area (Å²) in [6, 6.07) is 6.60. The number of nitrogens with zero attached hydrogens (tertiary/aromatic N) is 1. The predicted molar refractivity (Wildman–Crippen MR) is 73.4 cm³/mol. The Morgan fingerprint density at radius 2 is 1.83 bits per heavy atom. The molecule has 1 aliphatic rings. The van der Waals surface area contributed by atoms with Crippen LogP contribution in [0.2, 0.25) is 0 Å². The molecule has 2 aromatic rings. The van der Waals surface area contributed by atoms with Crippen LogP contribution in [0.1, 0.15) is 17.2 Å². The van der Waals surface area contributed by atoms with E-state index < -0.39 is 23.0 Å². The number of fused-ring (bicyclic) bond motifs is 1. The first-order valence-corrected chi connectivity index (χ1v) is 7.09. The van der Waals surface area contributed by atoms with Gasteiger partial charge in [-0.2, -0.15) is 14.0 Å². The Kier molecular flexibility index (Phi) is 3.70. The van der Waals surface area contributed by atoms with Gasteiger partial charge in [-0.3, -0.25) is 0 Å². The van der Waals surface area contributed by atoms with Crippen molar-refractivity contribution in [3.05, 3.63) is 53.1 Å². The molecular weight excluding hydrogens is 334 g/mol. The first-order valence-electron chi connectivity index (χ1n) is 6.27. The van der Waals surface area contributed by atoms with Crippen molar-refractivity contribution in [1.82, 2.24) is 0 Å². The van der Waals surface area contributed by atoms with Crippen molar-refractivity contribution in [1.29, 1.82) is 5.26 Å². The van der Waals surface area contributed by atoms with E-state index in [4.69, 9.17) is 4.74 Å².